The van der Waals surface area contributed by atoms with Crippen LogP contribution in [0.1, 0.15) is 19.3 Å². The monoisotopic (exact) mass is 179 g/mol. The first-order chi connectivity index (χ1) is 5.61. The van der Waals surface area contributed by atoms with E-state index < -0.39 is 12.5 Å². The summed E-state index contributed by atoms with van der Waals surface area (Å²) in [5.41, 5.74) is 0. The molecule has 1 saturated carbocycles. The Kier molecular flexibility index (Phi) is 3.40. The molecule has 72 valence electrons. The van der Waals surface area contributed by atoms with Gasteiger partial charge in [0, 0.05) is 6.04 Å². The lowest BCUT2D eigenvalue weighted by Gasteiger charge is -2.26. The first kappa shape index (κ1) is 9.86. The Bertz CT molecular complexity index is 143. The zero-order valence-electron chi connectivity index (χ0n) is 7.21. The average Bonchev–Trinajstić information content (AvgIpc) is 2.33. The van der Waals surface area contributed by atoms with Gasteiger partial charge in [-0.25, -0.2) is 8.78 Å². The van der Waals surface area contributed by atoms with Crippen LogP contribution < -0.4 is 0 Å². The summed E-state index contributed by atoms with van der Waals surface area (Å²) in [6.07, 6.45) is -0.182. The first-order valence-electron chi connectivity index (χ1n) is 4.27. The van der Waals surface area contributed by atoms with Gasteiger partial charge in [-0.1, -0.05) is 0 Å². The molecule has 0 radical (unpaired) electrons. The van der Waals surface area contributed by atoms with Crippen molar-refractivity contribution in [3.63, 3.8) is 0 Å². The van der Waals surface area contributed by atoms with Gasteiger partial charge < -0.3 is 5.11 Å². The van der Waals surface area contributed by atoms with Gasteiger partial charge in [-0.2, -0.15) is 0 Å². The van der Waals surface area contributed by atoms with Crippen molar-refractivity contribution in [1.29, 1.82) is 0 Å². The quantitative estimate of drug-likeness (QED) is 0.701. The molecule has 1 aliphatic rings. The van der Waals surface area contributed by atoms with Gasteiger partial charge >= 0.3 is 0 Å². The minimum absolute atomic E-state index is 0.0565. The van der Waals surface area contributed by atoms with Crippen LogP contribution in [-0.2, 0) is 0 Å². The van der Waals surface area contributed by atoms with E-state index in [1.54, 1.807) is 11.9 Å². The zero-order valence-corrected chi connectivity index (χ0v) is 7.21. The highest BCUT2D eigenvalue weighted by Crippen LogP contribution is 2.23. The summed E-state index contributed by atoms with van der Waals surface area (Å²) in [5.74, 6) is 0. The Hall–Kier alpha value is -0.220. The van der Waals surface area contributed by atoms with Crippen LogP contribution in [0.2, 0.25) is 0 Å². The molecule has 2 nitrogen and oxygen atoms in total. The molecule has 1 aliphatic carbocycles. The van der Waals surface area contributed by atoms with Gasteiger partial charge in [0.1, 0.15) is 0 Å². The van der Waals surface area contributed by atoms with Gasteiger partial charge in [0.2, 0.25) is 0 Å². The summed E-state index contributed by atoms with van der Waals surface area (Å²) in [6.45, 7) is -0.234. The van der Waals surface area contributed by atoms with Crippen LogP contribution in [0, 0.1) is 0 Å². The number of aliphatic hydroxyl groups is 1. The van der Waals surface area contributed by atoms with Crippen molar-refractivity contribution in [2.24, 2.45) is 0 Å². The molecule has 0 bridgehead atoms. The van der Waals surface area contributed by atoms with E-state index in [0.29, 0.717) is 0 Å². The van der Waals surface area contributed by atoms with E-state index in [4.69, 9.17) is 0 Å². The van der Waals surface area contributed by atoms with Gasteiger partial charge in [-0.15, -0.1) is 0 Å². The van der Waals surface area contributed by atoms with Crippen molar-refractivity contribution in [2.45, 2.75) is 37.8 Å². The van der Waals surface area contributed by atoms with E-state index in [2.05, 4.69) is 0 Å². The molecule has 0 aromatic carbocycles. The van der Waals surface area contributed by atoms with Crippen molar-refractivity contribution in [3.8, 4) is 0 Å². The van der Waals surface area contributed by atoms with Crippen LogP contribution in [0.4, 0.5) is 8.78 Å². The Morgan fingerprint density at radius 3 is 2.58 bits per heavy atom. The summed E-state index contributed by atoms with van der Waals surface area (Å²) < 4.78 is 23.9. The summed E-state index contributed by atoms with van der Waals surface area (Å²) in [5, 5.41) is 9.39. The van der Waals surface area contributed by atoms with Crippen LogP contribution >= 0.6 is 0 Å². The number of likely N-dealkylation sites (N-methyl/N-ethyl adjacent to an activating group) is 1. The minimum atomic E-state index is -2.30. The standard InChI is InChI=1S/C8H15F2NO/c1-11(5-8(9)10)6-3-2-4-7(6)12/h6-8,12H,2-5H2,1H3/t6-,7-/m0/s1. The Morgan fingerprint density at radius 1 is 1.50 bits per heavy atom. The second kappa shape index (κ2) is 4.14. The molecule has 1 fully saturated rings. The van der Waals surface area contributed by atoms with Crippen molar-refractivity contribution in [3.05, 3.63) is 0 Å². The Balaban J connectivity index is 2.35. The molecular formula is C8H15F2NO. The minimum Gasteiger partial charge on any atom is -0.391 e. The fourth-order valence-corrected chi connectivity index (χ4v) is 1.79. The highest BCUT2D eigenvalue weighted by molar-refractivity contribution is 4.83. The summed E-state index contributed by atoms with van der Waals surface area (Å²) in [6, 6.07) is -0.0565. The number of rotatable bonds is 3. The van der Waals surface area contributed by atoms with Crippen molar-refractivity contribution >= 4 is 0 Å². The lowest BCUT2D eigenvalue weighted by Crippen LogP contribution is -2.40. The lowest BCUT2D eigenvalue weighted by atomic mass is 10.2. The molecule has 2 atom stereocenters. The topological polar surface area (TPSA) is 23.5 Å². The molecule has 0 spiro atoms. The fourth-order valence-electron chi connectivity index (χ4n) is 1.79. The normalized spacial score (nSPS) is 30.5. The van der Waals surface area contributed by atoms with E-state index >= 15 is 0 Å². The van der Waals surface area contributed by atoms with Gasteiger partial charge in [0.25, 0.3) is 6.43 Å². The number of hydrogen-bond acceptors (Lipinski definition) is 2. The van der Waals surface area contributed by atoms with Crippen LogP contribution in [0.5, 0.6) is 0 Å². The second-order valence-electron chi connectivity index (χ2n) is 3.40. The van der Waals surface area contributed by atoms with Crippen molar-refractivity contribution in [1.82, 2.24) is 4.90 Å². The third-order valence-electron chi connectivity index (χ3n) is 2.44. The van der Waals surface area contributed by atoms with Crippen LogP contribution in [0.3, 0.4) is 0 Å². The molecule has 0 aliphatic heterocycles. The zero-order chi connectivity index (χ0) is 9.14. The molecular weight excluding hydrogens is 164 g/mol. The fraction of sp³-hybridized carbons (Fsp3) is 1.00. The van der Waals surface area contributed by atoms with Crippen molar-refractivity contribution < 1.29 is 13.9 Å². The van der Waals surface area contributed by atoms with Crippen molar-refractivity contribution in [2.75, 3.05) is 13.6 Å². The van der Waals surface area contributed by atoms with Crippen LogP contribution in [0.25, 0.3) is 0 Å². The maximum Gasteiger partial charge on any atom is 0.251 e. The van der Waals surface area contributed by atoms with E-state index in [9.17, 15) is 13.9 Å². The predicted molar refractivity (Wildman–Crippen MR) is 42.3 cm³/mol. The number of hydrogen-bond donors (Lipinski definition) is 1. The van der Waals surface area contributed by atoms with Gasteiger partial charge in [0.05, 0.1) is 12.6 Å². The van der Waals surface area contributed by atoms with Gasteiger partial charge in [-0.05, 0) is 26.3 Å². The molecule has 1 N–H and O–H groups in total. The van der Waals surface area contributed by atoms with Gasteiger partial charge in [0.15, 0.2) is 0 Å². The average molecular weight is 179 g/mol. The molecule has 12 heavy (non-hydrogen) atoms. The molecule has 0 saturated heterocycles. The van der Waals surface area contributed by atoms with Crippen LogP contribution in [0.15, 0.2) is 0 Å². The summed E-state index contributed by atoms with van der Waals surface area (Å²) in [7, 11) is 1.64. The summed E-state index contributed by atoms with van der Waals surface area (Å²) in [4.78, 5) is 1.56. The smallest absolute Gasteiger partial charge is 0.251 e. The molecule has 0 unspecified atom stereocenters. The molecule has 1 rings (SSSR count). The SMILES string of the molecule is CN(CC(F)F)[C@H]1CCC[C@@H]1O. The molecule has 4 heteroatoms. The second-order valence-corrected chi connectivity index (χ2v) is 3.40. The molecule has 0 heterocycles. The molecule has 0 aromatic rings. The molecule has 0 aromatic heterocycles. The van der Waals surface area contributed by atoms with E-state index in [1.165, 1.54) is 0 Å². The van der Waals surface area contributed by atoms with Gasteiger partial charge in [-0.3, -0.25) is 4.90 Å². The largest absolute Gasteiger partial charge is 0.391 e. The van der Waals surface area contributed by atoms with E-state index in [1.807, 2.05) is 0 Å². The Labute approximate surface area is 71.2 Å². The first-order valence-corrected chi connectivity index (χ1v) is 4.27. The highest BCUT2D eigenvalue weighted by atomic mass is 19.3. The van der Waals surface area contributed by atoms with Crippen LogP contribution in [-0.4, -0.2) is 42.2 Å². The maximum absolute atomic E-state index is 11.9. The summed E-state index contributed by atoms with van der Waals surface area (Å²) >= 11 is 0. The number of alkyl halides is 2. The van der Waals surface area contributed by atoms with E-state index in [0.717, 1.165) is 19.3 Å². The maximum atomic E-state index is 11.9. The predicted octanol–water partition coefficient (Wildman–Crippen LogP) is 1.10. The lowest BCUT2D eigenvalue weighted by molar-refractivity contribution is 0.0391. The number of nitrogens with zero attached hydrogens (tertiary/aromatic N) is 1. The molecule has 0 amide bonds. The number of aliphatic hydroxyl groups excluding tert-OH is 1. The highest BCUT2D eigenvalue weighted by Gasteiger charge is 2.29. The number of halogens is 2. The third kappa shape index (κ3) is 2.38. The van der Waals surface area contributed by atoms with E-state index in [-0.39, 0.29) is 12.6 Å². The third-order valence-corrected chi connectivity index (χ3v) is 2.44. The Morgan fingerprint density at radius 2 is 2.17 bits per heavy atom.